The second-order valence-corrected chi connectivity index (χ2v) is 10.1. The fraction of sp³-hybridized carbons (Fsp3) is 0.467. The average molecular weight is 552 g/mol. The number of unbranched alkanes of at least 4 members (excludes halogenated alkanes) is 2. The maximum absolute atomic E-state index is 12.6. The van der Waals surface area contributed by atoms with Crippen LogP contribution in [0, 0.1) is 0 Å². The maximum atomic E-state index is 12.6. The van der Waals surface area contributed by atoms with Gasteiger partial charge in [-0.15, -0.1) is 0 Å². The van der Waals surface area contributed by atoms with Gasteiger partial charge in [0.15, 0.2) is 0 Å². The monoisotopic (exact) mass is 551 g/mol. The number of pyridine rings is 2. The van der Waals surface area contributed by atoms with Gasteiger partial charge in [-0.05, 0) is 48.4 Å². The molecule has 1 aliphatic heterocycles. The number of rotatable bonds is 15. The predicted octanol–water partition coefficient (Wildman–Crippen LogP) is 3.02. The van der Waals surface area contributed by atoms with Crippen LogP contribution in [-0.4, -0.2) is 74.7 Å². The van der Waals surface area contributed by atoms with Gasteiger partial charge in [0, 0.05) is 77.3 Å². The third kappa shape index (κ3) is 7.12. The van der Waals surface area contributed by atoms with Crippen LogP contribution in [0.1, 0.15) is 24.8 Å². The third-order valence-electron chi connectivity index (χ3n) is 7.15. The molecule has 2 aromatic heterocycles. The highest BCUT2D eigenvalue weighted by Crippen LogP contribution is 2.38. The lowest BCUT2D eigenvalue weighted by Gasteiger charge is -2.39. The second-order valence-electron chi connectivity index (χ2n) is 10.1. The van der Waals surface area contributed by atoms with E-state index in [9.17, 15) is 4.79 Å². The molecule has 1 aromatic carbocycles. The zero-order chi connectivity index (χ0) is 28.5. The number of nitrogens with one attached hydrogen (secondary N) is 1. The molecule has 1 aliphatic rings. The molecule has 0 unspecified atom stereocenters. The lowest BCUT2D eigenvalue weighted by Crippen LogP contribution is -2.51. The summed E-state index contributed by atoms with van der Waals surface area (Å²) >= 11 is 0. The van der Waals surface area contributed by atoms with Crippen LogP contribution in [0.15, 0.2) is 53.5 Å². The lowest BCUT2D eigenvalue weighted by atomic mass is 9.98. The summed E-state index contributed by atoms with van der Waals surface area (Å²) in [6.45, 7) is 4.36. The van der Waals surface area contributed by atoms with E-state index in [-0.39, 0.29) is 11.7 Å². The molecule has 3 N–H and O–H groups in total. The number of hydrogen-bond acceptors (Lipinski definition) is 9. The number of nitrogens with two attached hydrogens (primary N) is 1. The molecule has 10 heteroatoms. The Morgan fingerprint density at radius 2 is 1.88 bits per heavy atom. The summed E-state index contributed by atoms with van der Waals surface area (Å²) in [4.78, 5) is 19.1. The van der Waals surface area contributed by atoms with Crippen molar-refractivity contribution < 1.29 is 18.9 Å². The minimum absolute atomic E-state index is 0.0841. The largest absolute Gasteiger partial charge is 0.496 e. The quantitative estimate of drug-likeness (QED) is 0.275. The van der Waals surface area contributed by atoms with E-state index in [1.54, 1.807) is 45.3 Å². The van der Waals surface area contributed by atoms with Crippen LogP contribution < -0.4 is 26.1 Å². The van der Waals surface area contributed by atoms with E-state index >= 15 is 0 Å². The van der Waals surface area contributed by atoms with E-state index in [4.69, 9.17) is 24.7 Å². The van der Waals surface area contributed by atoms with Crippen molar-refractivity contribution in [3.63, 3.8) is 0 Å². The Labute approximate surface area is 235 Å². The van der Waals surface area contributed by atoms with Crippen molar-refractivity contribution in [3.05, 3.63) is 64.6 Å². The summed E-state index contributed by atoms with van der Waals surface area (Å²) in [5.74, 6) is 1.46. The predicted molar refractivity (Wildman–Crippen MR) is 157 cm³/mol. The number of methoxy groups -OCH3 is 3. The molecule has 1 fully saturated rings. The SMILES string of the molecule is COCCCCCN/C=C(\N)COC1CN(Cc2c(OC)cc(-c3cn(C)c(=O)c4cnccc34)cc2OC)C1. The number of nitrogens with zero attached hydrogens (tertiary/aromatic N) is 3. The van der Waals surface area contributed by atoms with Crippen molar-refractivity contribution >= 4 is 10.8 Å². The van der Waals surface area contributed by atoms with Crippen molar-refractivity contribution in [3.8, 4) is 22.6 Å². The summed E-state index contributed by atoms with van der Waals surface area (Å²) < 4.78 is 24.2. The molecule has 0 amide bonds. The van der Waals surface area contributed by atoms with E-state index in [1.807, 2.05) is 30.6 Å². The van der Waals surface area contributed by atoms with Crippen molar-refractivity contribution in [1.82, 2.24) is 19.8 Å². The first-order valence-electron chi connectivity index (χ1n) is 13.6. The second kappa shape index (κ2) is 14.2. The van der Waals surface area contributed by atoms with Gasteiger partial charge in [-0.25, -0.2) is 0 Å². The molecule has 0 saturated carbocycles. The van der Waals surface area contributed by atoms with Gasteiger partial charge in [-0.1, -0.05) is 0 Å². The number of aromatic nitrogens is 2. The van der Waals surface area contributed by atoms with Crippen molar-refractivity contribution in [2.45, 2.75) is 31.9 Å². The molecule has 40 heavy (non-hydrogen) atoms. The van der Waals surface area contributed by atoms with Gasteiger partial charge in [0.05, 0.1) is 43.6 Å². The Kier molecular flexibility index (Phi) is 10.4. The average Bonchev–Trinajstić information content (AvgIpc) is 2.95. The molecule has 0 radical (unpaired) electrons. The highest BCUT2D eigenvalue weighted by Gasteiger charge is 2.29. The molecule has 3 aromatic rings. The van der Waals surface area contributed by atoms with E-state index in [1.165, 1.54) is 0 Å². The molecule has 216 valence electrons. The number of likely N-dealkylation sites (tertiary alicyclic amines) is 1. The van der Waals surface area contributed by atoms with Crippen molar-refractivity contribution in [2.75, 3.05) is 54.2 Å². The van der Waals surface area contributed by atoms with Crippen LogP contribution in [0.3, 0.4) is 0 Å². The maximum Gasteiger partial charge on any atom is 0.259 e. The zero-order valence-corrected chi connectivity index (χ0v) is 23.9. The minimum atomic E-state index is -0.0841. The van der Waals surface area contributed by atoms with Crippen LogP contribution in [0.25, 0.3) is 21.9 Å². The molecule has 0 aliphatic carbocycles. The molecular weight excluding hydrogens is 510 g/mol. The van der Waals surface area contributed by atoms with Crippen LogP contribution in [0.4, 0.5) is 0 Å². The summed E-state index contributed by atoms with van der Waals surface area (Å²) in [5.41, 5.74) is 9.48. The molecular formula is C30H41N5O5. The summed E-state index contributed by atoms with van der Waals surface area (Å²) in [6.07, 6.45) is 10.4. The standard InChI is InChI=1S/C30H41N5O5/c1-34-18-26(24-8-10-33-15-25(24)30(34)36)21-12-28(38-3)27(29(13-21)39-4)19-35-16-23(17-35)40-20-22(31)14-32-9-6-5-7-11-37-2/h8,10,12-15,18,23,32H,5-7,9,11,16-17,19-20,31H2,1-4H3/b22-14-. The molecule has 0 spiro atoms. The van der Waals surface area contributed by atoms with E-state index < -0.39 is 0 Å². The van der Waals surface area contributed by atoms with Gasteiger partial charge in [-0.2, -0.15) is 0 Å². The van der Waals surface area contributed by atoms with Crippen molar-refractivity contribution in [1.29, 1.82) is 0 Å². The summed E-state index contributed by atoms with van der Waals surface area (Å²) in [7, 11) is 6.80. The fourth-order valence-electron chi connectivity index (χ4n) is 4.93. The van der Waals surface area contributed by atoms with Gasteiger partial charge in [-0.3, -0.25) is 14.7 Å². The Morgan fingerprint density at radius 1 is 1.12 bits per heavy atom. The number of hydrogen-bond donors (Lipinski definition) is 2. The molecule has 4 rings (SSSR count). The molecule has 0 bridgehead atoms. The highest BCUT2D eigenvalue weighted by molar-refractivity contribution is 5.95. The van der Waals surface area contributed by atoms with Gasteiger partial charge in [0.2, 0.25) is 0 Å². The molecule has 10 nitrogen and oxygen atoms in total. The Balaban J connectivity index is 1.36. The van der Waals surface area contributed by atoms with Gasteiger partial charge >= 0.3 is 0 Å². The number of aryl methyl sites for hydroxylation is 1. The first-order chi connectivity index (χ1) is 19.4. The lowest BCUT2D eigenvalue weighted by molar-refractivity contribution is -0.0503. The summed E-state index contributed by atoms with van der Waals surface area (Å²) in [5, 5.41) is 4.66. The van der Waals surface area contributed by atoms with Crippen molar-refractivity contribution in [2.24, 2.45) is 12.8 Å². The van der Waals surface area contributed by atoms with Gasteiger partial charge in [0.25, 0.3) is 5.56 Å². The molecule has 3 heterocycles. The number of fused-ring (bicyclic) bond motifs is 1. The third-order valence-corrected chi connectivity index (χ3v) is 7.15. The number of benzene rings is 1. The van der Waals surface area contributed by atoms with E-state index in [0.717, 1.165) is 79.1 Å². The number of ether oxygens (including phenoxy) is 4. The zero-order valence-electron chi connectivity index (χ0n) is 23.9. The highest BCUT2D eigenvalue weighted by atomic mass is 16.5. The van der Waals surface area contributed by atoms with Gasteiger partial charge < -0.3 is 34.6 Å². The van der Waals surface area contributed by atoms with Crippen LogP contribution in [-0.2, 0) is 23.1 Å². The van der Waals surface area contributed by atoms with E-state index in [0.29, 0.717) is 24.2 Å². The topological polar surface area (TPSA) is 113 Å². The normalized spacial score (nSPS) is 14.3. The summed E-state index contributed by atoms with van der Waals surface area (Å²) in [6, 6.07) is 5.87. The smallest absolute Gasteiger partial charge is 0.259 e. The first kappa shape index (κ1) is 29.4. The minimum Gasteiger partial charge on any atom is -0.496 e. The Bertz CT molecular complexity index is 1340. The Hall–Kier alpha value is -3.60. The Morgan fingerprint density at radius 3 is 2.58 bits per heavy atom. The fourth-order valence-corrected chi connectivity index (χ4v) is 4.93. The molecule has 1 saturated heterocycles. The van der Waals surface area contributed by atoms with Crippen LogP contribution in [0.2, 0.25) is 0 Å². The first-order valence-corrected chi connectivity index (χ1v) is 13.6. The van der Waals surface area contributed by atoms with Crippen LogP contribution >= 0.6 is 0 Å². The van der Waals surface area contributed by atoms with Gasteiger partial charge in [0.1, 0.15) is 11.5 Å². The van der Waals surface area contributed by atoms with Crippen LogP contribution in [0.5, 0.6) is 11.5 Å². The van der Waals surface area contributed by atoms with E-state index in [2.05, 4.69) is 15.2 Å². The molecule has 0 atom stereocenters.